The maximum atomic E-state index is 13.7. The first kappa shape index (κ1) is 27.7. The van der Waals surface area contributed by atoms with E-state index in [0.717, 1.165) is 17.5 Å². The molecule has 0 radical (unpaired) electrons. The highest BCUT2D eigenvalue weighted by Crippen LogP contribution is 2.32. The monoisotopic (exact) mass is 529 g/mol. The number of benzene rings is 3. The second kappa shape index (κ2) is 11.6. The lowest BCUT2D eigenvalue weighted by atomic mass is 9.96. The smallest absolute Gasteiger partial charge is 0.410 e. The minimum Gasteiger partial charge on any atom is -0.507 e. The van der Waals surface area contributed by atoms with Crippen LogP contribution in [0.2, 0.25) is 0 Å². The van der Waals surface area contributed by atoms with Crippen molar-refractivity contribution >= 4 is 23.6 Å². The first-order chi connectivity index (χ1) is 18.6. The van der Waals surface area contributed by atoms with Gasteiger partial charge in [0.25, 0.3) is 11.8 Å². The molecule has 4 rings (SSSR count). The van der Waals surface area contributed by atoms with Crippen molar-refractivity contribution in [1.82, 2.24) is 9.80 Å². The minimum absolute atomic E-state index is 0.0666. The number of piperazine rings is 1. The van der Waals surface area contributed by atoms with E-state index in [1.807, 2.05) is 54.6 Å². The normalized spacial score (nSPS) is 13.6. The number of aromatic hydroxyl groups is 1. The summed E-state index contributed by atoms with van der Waals surface area (Å²) in [5.41, 5.74) is 2.54. The number of carbonyl (C=O) groups excluding carboxylic acids is 3. The molecular weight excluding hydrogens is 494 g/mol. The van der Waals surface area contributed by atoms with Crippen molar-refractivity contribution < 1.29 is 24.2 Å². The Labute approximate surface area is 229 Å². The summed E-state index contributed by atoms with van der Waals surface area (Å²) < 4.78 is 5.44. The van der Waals surface area contributed by atoms with Crippen LogP contribution in [0.3, 0.4) is 0 Å². The molecule has 2 N–H and O–H groups in total. The number of nitrogens with one attached hydrogen (secondary N) is 1. The molecule has 1 aliphatic heterocycles. The molecule has 3 aromatic carbocycles. The van der Waals surface area contributed by atoms with Crippen molar-refractivity contribution in [2.24, 2.45) is 0 Å². The number of aryl methyl sites for hydroxylation is 1. The van der Waals surface area contributed by atoms with Gasteiger partial charge in [0.15, 0.2) is 0 Å². The van der Waals surface area contributed by atoms with Crippen LogP contribution >= 0.6 is 0 Å². The molecule has 0 aromatic heterocycles. The lowest BCUT2D eigenvalue weighted by Gasteiger charge is -2.36. The van der Waals surface area contributed by atoms with Gasteiger partial charge in [0.2, 0.25) is 0 Å². The Hall–Kier alpha value is -4.33. The predicted molar refractivity (Wildman–Crippen MR) is 151 cm³/mol. The van der Waals surface area contributed by atoms with E-state index in [4.69, 9.17) is 4.74 Å². The zero-order valence-corrected chi connectivity index (χ0v) is 22.9. The van der Waals surface area contributed by atoms with Crippen molar-refractivity contribution in [3.63, 3.8) is 0 Å². The minimum atomic E-state index is -0.616. The Kier molecular flexibility index (Phi) is 8.24. The fourth-order valence-electron chi connectivity index (χ4n) is 4.43. The van der Waals surface area contributed by atoms with E-state index >= 15 is 0 Å². The second-order valence-electron chi connectivity index (χ2n) is 10.5. The van der Waals surface area contributed by atoms with Crippen molar-refractivity contribution in [3.05, 3.63) is 83.4 Å². The maximum absolute atomic E-state index is 13.7. The molecule has 8 nitrogen and oxygen atoms in total. The van der Waals surface area contributed by atoms with Gasteiger partial charge in [-0.1, -0.05) is 49.4 Å². The molecule has 39 heavy (non-hydrogen) atoms. The van der Waals surface area contributed by atoms with Crippen LogP contribution in [0.25, 0.3) is 11.1 Å². The van der Waals surface area contributed by atoms with E-state index in [-0.39, 0.29) is 43.1 Å². The highest BCUT2D eigenvalue weighted by atomic mass is 16.6. The third kappa shape index (κ3) is 6.76. The molecule has 0 saturated carbocycles. The summed E-state index contributed by atoms with van der Waals surface area (Å²) >= 11 is 0. The summed E-state index contributed by atoms with van der Waals surface area (Å²) in [6.07, 6.45) is 0.444. The van der Waals surface area contributed by atoms with Gasteiger partial charge in [-0.15, -0.1) is 0 Å². The van der Waals surface area contributed by atoms with E-state index in [0.29, 0.717) is 11.3 Å². The van der Waals surface area contributed by atoms with Gasteiger partial charge in [0, 0.05) is 31.9 Å². The second-order valence-corrected chi connectivity index (χ2v) is 10.5. The molecule has 1 heterocycles. The highest BCUT2D eigenvalue weighted by Gasteiger charge is 2.31. The molecule has 204 valence electrons. The zero-order valence-electron chi connectivity index (χ0n) is 22.9. The topological polar surface area (TPSA) is 99.2 Å². The van der Waals surface area contributed by atoms with Gasteiger partial charge >= 0.3 is 6.09 Å². The average Bonchev–Trinajstić information content (AvgIpc) is 2.92. The van der Waals surface area contributed by atoms with Crippen LogP contribution in [0.5, 0.6) is 5.75 Å². The standard InChI is InChI=1S/C31H35N3O5/c1-5-21-11-13-24(14-12-21)32-28(36)25-19-23(22-9-7-6-8-10-22)20-26(35)27(25)29(37)33-15-17-34(18-16-33)30(38)39-31(2,3)4/h6-14,19-20,35H,5,15-18H2,1-4H3,(H,32,36). The van der Waals surface area contributed by atoms with Gasteiger partial charge < -0.3 is 25.0 Å². The van der Waals surface area contributed by atoms with Gasteiger partial charge in [0.1, 0.15) is 11.4 Å². The molecule has 3 amide bonds. The van der Waals surface area contributed by atoms with Crippen LogP contribution in [0.1, 0.15) is 54.0 Å². The molecule has 0 aliphatic carbocycles. The molecule has 0 atom stereocenters. The number of hydrogen-bond donors (Lipinski definition) is 2. The zero-order chi connectivity index (χ0) is 28.2. The summed E-state index contributed by atoms with van der Waals surface area (Å²) in [7, 11) is 0. The number of nitrogens with zero attached hydrogens (tertiary/aromatic N) is 2. The Morgan fingerprint density at radius 3 is 2.08 bits per heavy atom. The average molecular weight is 530 g/mol. The van der Waals surface area contributed by atoms with Gasteiger partial charge in [-0.2, -0.15) is 0 Å². The first-order valence-electron chi connectivity index (χ1n) is 13.2. The van der Waals surface area contributed by atoms with Crippen LogP contribution in [-0.2, 0) is 11.2 Å². The summed E-state index contributed by atoms with van der Waals surface area (Å²) in [5.74, 6) is -1.24. The predicted octanol–water partition coefficient (Wildman–Crippen LogP) is 5.57. The molecule has 0 spiro atoms. The number of anilines is 1. The maximum Gasteiger partial charge on any atom is 0.410 e. The van der Waals surface area contributed by atoms with E-state index in [2.05, 4.69) is 12.2 Å². The summed E-state index contributed by atoms with van der Waals surface area (Å²) in [6.45, 7) is 8.53. The van der Waals surface area contributed by atoms with Crippen LogP contribution in [0.4, 0.5) is 10.5 Å². The SMILES string of the molecule is CCc1ccc(NC(=O)c2cc(-c3ccccc3)cc(O)c2C(=O)N2CCN(C(=O)OC(C)(C)C)CC2)cc1. The number of amides is 3. The molecule has 1 saturated heterocycles. The number of phenolic OH excluding ortho intramolecular Hbond substituents is 1. The van der Waals surface area contributed by atoms with Crippen molar-refractivity contribution in [2.75, 3.05) is 31.5 Å². The molecule has 0 unspecified atom stereocenters. The molecular formula is C31H35N3O5. The Morgan fingerprint density at radius 2 is 1.49 bits per heavy atom. The van der Waals surface area contributed by atoms with Crippen molar-refractivity contribution in [3.8, 4) is 16.9 Å². The summed E-state index contributed by atoms with van der Waals surface area (Å²) in [6, 6.07) is 20.0. The molecule has 1 aliphatic rings. The van der Waals surface area contributed by atoms with Gasteiger partial charge in [-0.3, -0.25) is 9.59 Å². The van der Waals surface area contributed by atoms with Crippen LogP contribution in [0, 0.1) is 0 Å². The third-order valence-electron chi connectivity index (χ3n) is 6.52. The van der Waals surface area contributed by atoms with E-state index in [1.165, 1.54) is 6.07 Å². The Morgan fingerprint density at radius 1 is 0.872 bits per heavy atom. The van der Waals surface area contributed by atoms with Gasteiger partial charge in [-0.25, -0.2) is 4.79 Å². The molecule has 3 aromatic rings. The Balaban J connectivity index is 1.62. The van der Waals surface area contributed by atoms with Crippen LogP contribution < -0.4 is 5.32 Å². The Bertz CT molecular complexity index is 1340. The van der Waals surface area contributed by atoms with Crippen molar-refractivity contribution in [1.29, 1.82) is 0 Å². The highest BCUT2D eigenvalue weighted by molar-refractivity contribution is 6.14. The number of phenols is 1. The van der Waals surface area contributed by atoms with E-state index in [1.54, 1.807) is 36.6 Å². The van der Waals surface area contributed by atoms with E-state index < -0.39 is 23.5 Å². The number of hydrogen-bond acceptors (Lipinski definition) is 5. The quantitative estimate of drug-likeness (QED) is 0.450. The largest absolute Gasteiger partial charge is 0.507 e. The third-order valence-corrected chi connectivity index (χ3v) is 6.52. The summed E-state index contributed by atoms with van der Waals surface area (Å²) in [4.78, 5) is 42.8. The lowest BCUT2D eigenvalue weighted by molar-refractivity contribution is 0.0140. The number of carbonyl (C=O) groups is 3. The summed E-state index contributed by atoms with van der Waals surface area (Å²) in [5, 5.41) is 13.9. The van der Waals surface area contributed by atoms with Crippen molar-refractivity contribution in [2.45, 2.75) is 39.7 Å². The van der Waals surface area contributed by atoms with Crippen LogP contribution in [0.15, 0.2) is 66.7 Å². The molecule has 8 heteroatoms. The van der Waals surface area contributed by atoms with Crippen LogP contribution in [-0.4, -0.2) is 64.6 Å². The fraction of sp³-hybridized carbons (Fsp3) is 0.323. The number of rotatable bonds is 5. The van der Waals surface area contributed by atoms with Gasteiger partial charge in [-0.05, 0) is 68.1 Å². The molecule has 0 bridgehead atoms. The van der Waals surface area contributed by atoms with E-state index in [9.17, 15) is 19.5 Å². The molecule has 1 fully saturated rings. The first-order valence-corrected chi connectivity index (χ1v) is 13.2. The number of ether oxygens (including phenoxy) is 1. The fourth-order valence-corrected chi connectivity index (χ4v) is 4.43. The van der Waals surface area contributed by atoms with Gasteiger partial charge in [0.05, 0.1) is 11.1 Å². The lowest BCUT2D eigenvalue weighted by Crippen LogP contribution is -2.51.